The monoisotopic (exact) mass is 206 g/mol. The summed E-state index contributed by atoms with van der Waals surface area (Å²) in [6.45, 7) is 4.34. The summed E-state index contributed by atoms with van der Waals surface area (Å²) in [5, 5.41) is 5.45. The molecule has 0 heteroatoms. The molecule has 0 atom stereocenters. The molecule has 0 saturated carbocycles. The molecular weight excluding hydrogens is 192 g/mol. The Morgan fingerprint density at radius 2 is 0.938 bits per heavy atom. The fourth-order valence-corrected chi connectivity index (χ4v) is 2.44. The van der Waals surface area contributed by atoms with Crippen LogP contribution in [0.4, 0.5) is 0 Å². The quantitative estimate of drug-likeness (QED) is 0.471. The lowest BCUT2D eigenvalue weighted by molar-refractivity contribution is 1.52. The summed E-state index contributed by atoms with van der Waals surface area (Å²) in [5.41, 5.74) is 2.70. The van der Waals surface area contributed by atoms with Crippen LogP contribution in [0.25, 0.3) is 21.5 Å². The highest BCUT2D eigenvalue weighted by molar-refractivity contribution is 6.09. The van der Waals surface area contributed by atoms with Gasteiger partial charge < -0.3 is 0 Å². The average Bonchev–Trinajstić information content (AvgIpc) is 2.30. The lowest BCUT2D eigenvalue weighted by atomic mass is 9.97. The minimum atomic E-state index is 1.35. The van der Waals surface area contributed by atoms with E-state index in [1.807, 2.05) is 0 Å². The number of fused-ring (bicyclic) bond motifs is 3. The summed E-state index contributed by atoms with van der Waals surface area (Å²) < 4.78 is 0. The Balaban J connectivity index is 2.60. The summed E-state index contributed by atoms with van der Waals surface area (Å²) in [6, 6.07) is 17.5. The SMILES string of the molecule is Cc1cccc2c1ccc1c(C)cccc12. The van der Waals surface area contributed by atoms with Crippen LogP contribution >= 0.6 is 0 Å². The van der Waals surface area contributed by atoms with Gasteiger partial charge in [-0.15, -0.1) is 0 Å². The van der Waals surface area contributed by atoms with Crippen LogP contribution < -0.4 is 0 Å². The third-order valence-electron chi connectivity index (χ3n) is 3.36. The molecule has 0 radical (unpaired) electrons. The van der Waals surface area contributed by atoms with Crippen LogP contribution in [0, 0.1) is 13.8 Å². The van der Waals surface area contributed by atoms with E-state index in [0.717, 1.165) is 0 Å². The molecule has 0 aliphatic rings. The van der Waals surface area contributed by atoms with E-state index in [4.69, 9.17) is 0 Å². The van der Waals surface area contributed by atoms with Gasteiger partial charge in [0.15, 0.2) is 0 Å². The highest BCUT2D eigenvalue weighted by Gasteiger charge is 2.02. The molecule has 0 saturated heterocycles. The molecule has 0 amide bonds. The van der Waals surface area contributed by atoms with Gasteiger partial charge in [-0.1, -0.05) is 48.5 Å². The number of rotatable bonds is 0. The fourth-order valence-electron chi connectivity index (χ4n) is 2.44. The molecule has 3 aromatic rings. The highest BCUT2D eigenvalue weighted by Crippen LogP contribution is 2.28. The van der Waals surface area contributed by atoms with Crippen molar-refractivity contribution in [3.05, 3.63) is 59.7 Å². The van der Waals surface area contributed by atoms with Crippen LogP contribution in [0.3, 0.4) is 0 Å². The zero-order valence-corrected chi connectivity index (χ0v) is 9.62. The van der Waals surface area contributed by atoms with E-state index < -0.39 is 0 Å². The summed E-state index contributed by atoms with van der Waals surface area (Å²) in [4.78, 5) is 0. The van der Waals surface area contributed by atoms with Crippen molar-refractivity contribution in [1.29, 1.82) is 0 Å². The van der Waals surface area contributed by atoms with E-state index in [1.165, 1.54) is 32.7 Å². The Morgan fingerprint density at radius 1 is 0.500 bits per heavy atom. The molecule has 0 heterocycles. The van der Waals surface area contributed by atoms with Gasteiger partial charge in [0.1, 0.15) is 0 Å². The Kier molecular flexibility index (Phi) is 1.97. The van der Waals surface area contributed by atoms with Gasteiger partial charge in [-0.25, -0.2) is 0 Å². The molecule has 0 spiro atoms. The first kappa shape index (κ1) is 9.41. The first-order valence-electron chi connectivity index (χ1n) is 5.65. The average molecular weight is 206 g/mol. The standard InChI is InChI=1S/C16H14/c1-11-5-3-7-15-13(11)9-10-14-12(2)6-4-8-16(14)15/h3-10H,1-2H3. The Labute approximate surface area is 95.5 Å². The molecule has 3 aromatic carbocycles. The van der Waals surface area contributed by atoms with Gasteiger partial charge in [0.25, 0.3) is 0 Å². The van der Waals surface area contributed by atoms with Crippen molar-refractivity contribution < 1.29 is 0 Å². The Bertz CT molecular complexity index is 617. The molecule has 0 aliphatic carbocycles. The van der Waals surface area contributed by atoms with Crippen molar-refractivity contribution >= 4 is 21.5 Å². The summed E-state index contributed by atoms with van der Waals surface area (Å²) >= 11 is 0. The van der Waals surface area contributed by atoms with Crippen LogP contribution in [0.5, 0.6) is 0 Å². The maximum absolute atomic E-state index is 2.24. The second-order valence-corrected chi connectivity index (χ2v) is 4.41. The zero-order chi connectivity index (χ0) is 11.1. The Hall–Kier alpha value is -1.82. The van der Waals surface area contributed by atoms with Gasteiger partial charge in [-0.2, -0.15) is 0 Å². The Morgan fingerprint density at radius 3 is 1.38 bits per heavy atom. The third kappa shape index (κ3) is 1.23. The molecule has 0 aromatic heterocycles. The molecule has 0 nitrogen and oxygen atoms in total. The normalized spacial score (nSPS) is 11.1. The van der Waals surface area contributed by atoms with Crippen molar-refractivity contribution in [1.82, 2.24) is 0 Å². The maximum Gasteiger partial charge on any atom is -0.0103 e. The van der Waals surface area contributed by atoms with E-state index in [1.54, 1.807) is 0 Å². The predicted molar refractivity (Wildman–Crippen MR) is 70.9 cm³/mol. The lowest BCUT2D eigenvalue weighted by Gasteiger charge is -2.07. The van der Waals surface area contributed by atoms with E-state index in [-0.39, 0.29) is 0 Å². The number of hydrogen-bond donors (Lipinski definition) is 0. The van der Waals surface area contributed by atoms with Crippen molar-refractivity contribution in [2.75, 3.05) is 0 Å². The molecule has 0 fully saturated rings. The number of benzene rings is 3. The molecule has 0 N–H and O–H groups in total. The second kappa shape index (κ2) is 3.34. The van der Waals surface area contributed by atoms with Gasteiger partial charge in [0.2, 0.25) is 0 Å². The largest absolute Gasteiger partial charge is 0.0613 e. The van der Waals surface area contributed by atoms with Crippen molar-refractivity contribution in [3.63, 3.8) is 0 Å². The van der Waals surface area contributed by atoms with Crippen molar-refractivity contribution in [2.45, 2.75) is 13.8 Å². The first-order chi connectivity index (χ1) is 7.77. The minimum Gasteiger partial charge on any atom is -0.0613 e. The third-order valence-corrected chi connectivity index (χ3v) is 3.36. The van der Waals surface area contributed by atoms with Crippen LogP contribution in [-0.2, 0) is 0 Å². The van der Waals surface area contributed by atoms with Gasteiger partial charge in [-0.05, 0) is 46.5 Å². The lowest BCUT2D eigenvalue weighted by Crippen LogP contribution is -1.82. The zero-order valence-electron chi connectivity index (χ0n) is 9.62. The van der Waals surface area contributed by atoms with Gasteiger partial charge >= 0.3 is 0 Å². The highest BCUT2D eigenvalue weighted by atomic mass is 14.1. The number of aryl methyl sites for hydroxylation is 2. The maximum atomic E-state index is 2.24. The van der Waals surface area contributed by atoms with Crippen LogP contribution in [0.15, 0.2) is 48.5 Å². The summed E-state index contributed by atoms with van der Waals surface area (Å²) in [7, 11) is 0. The van der Waals surface area contributed by atoms with Crippen molar-refractivity contribution in [2.24, 2.45) is 0 Å². The predicted octanol–water partition coefficient (Wildman–Crippen LogP) is 4.61. The van der Waals surface area contributed by atoms with E-state index in [9.17, 15) is 0 Å². The van der Waals surface area contributed by atoms with Crippen LogP contribution in [-0.4, -0.2) is 0 Å². The van der Waals surface area contributed by atoms with Crippen molar-refractivity contribution in [3.8, 4) is 0 Å². The van der Waals surface area contributed by atoms with E-state index in [2.05, 4.69) is 62.4 Å². The fraction of sp³-hybridized carbons (Fsp3) is 0.125. The minimum absolute atomic E-state index is 1.35. The van der Waals surface area contributed by atoms with Gasteiger partial charge in [0.05, 0.1) is 0 Å². The van der Waals surface area contributed by atoms with Gasteiger partial charge in [-0.3, -0.25) is 0 Å². The molecule has 0 bridgehead atoms. The smallest absolute Gasteiger partial charge is 0.0103 e. The summed E-state index contributed by atoms with van der Waals surface area (Å²) in [5.74, 6) is 0. The van der Waals surface area contributed by atoms with E-state index in [0.29, 0.717) is 0 Å². The molecule has 78 valence electrons. The first-order valence-corrected chi connectivity index (χ1v) is 5.65. The second-order valence-electron chi connectivity index (χ2n) is 4.41. The van der Waals surface area contributed by atoms with Gasteiger partial charge in [0, 0.05) is 0 Å². The molecule has 0 aliphatic heterocycles. The van der Waals surface area contributed by atoms with E-state index >= 15 is 0 Å². The molecule has 0 unspecified atom stereocenters. The van der Waals surface area contributed by atoms with Crippen LogP contribution in [0.2, 0.25) is 0 Å². The number of hydrogen-bond acceptors (Lipinski definition) is 0. The molecule has 16 heavy (non-hydrogen) atoms. The topological polar surface area (TPSA) is 0 Å². The van der Waals surface area contributed by atoms with Crippen LogP contribution in [0.1, 0.15) is 11.1 Å². The molecule has 3 rings (SSSR count). The molecular formula is C16H14. The summed E-state index contributed by atoms with van der Waals surface area (Å²) in [6.07, 6.45) is 0.